The molecule has 0 N–H and O–H groups in total. The molecule has 0 saturated heterocycles. The van der Waals surface area contributed by atoms with Crippen LogP contribution in [0, 0.1) is 0 Å². The minimum absolute atomic E-state index is 0.326. The molecule has 0 aromatic carbocycles. The summed E-state index contributed by atoms with van der Waals surface area (Å²) in [6.45, 7) is 0. The molecule has 0 radical (unpaired) electrons. The first kappa shape index (κ1) is 7.93. The number of carboxylic acid groups (broad SMARTS) is 1. The number of hydrogen-bond acceptors (Lipinski definition) is 5. The second kappa shape index (κ2) is 2.67. The average Bonchev–Trinajstić information content (AvgIpc) is 2.51. The Labute approximate surface area is 75.9 Å². The smallest absolute Gasteiger partial charge is 0.259 e. The lowest BCUT2D eigenvalue weighted by atomic mass is 10.4. The van der Waals surface area contributed by atoms with Crippen LogP contribution in [-0.2, 0) is 0 Å². The zero-order valence-electron chi connectivity index (χ0n) is 6.26. The van der Waals surface area contributed by atoms with Crippen LogP contribution in [0.2, 0.25) is 0 Å². The molecular formula is C7H3N2O3S-. The van der Waals surface area contributed by atoms with Gasteiger partial charge in [-0.05, 0) is 0 Å². The van der Waals surface area contributed by atoms with Crippen LogP contribution in [-0.4, -0.2) is 15.4 Å². The SMILES string of the molecule is O=C([O-])c1cc(=O)n2ccsc2n1. The lowest BCUT2D eigenvalue weighted by Gasteiger charge is -1.99. The standard InChI is InChI=1S/C7H4N2O3S/c10-5-3-4(6(11)12)8-7-9(5)1-2-13-7/h1-3H,(H,11,12)/p-1. The van der Waals surface area contributed by atoms with Crippen LogP contribution in [0.3, 0.4) is 0 Å². The summed E-state index contributed by atoms with van der Waals surface area (Å²) in [4.78, 5) is 25.7. The van der Waals surface area contributed by atoms with E-state index in [1.807, 2.05) is 0 Å². The van der Waals surface area contributed by atoms with Crippen LogP contribution in [0.15, 0.2) is 22.4 Å². The summed E-state index contributed by atoms with van der Waals surface area (Å²) in [5.74, 6) is -1.44. The third kappa shape index (κ3) is 1.20. The van der Waals surface area contributed by atoms with Gasteiger partial charge in [0, 0.05) is 17.6 Å². The minimum atomic E-state index is -1.44. The van der Waals surface area contributed by atoms with Crippen LogP contribution in [0.1, 0.15) is 10.5 Å². The van der Waals surface area contributed by atoms with E-state index in [0.717, 1.165) is 6.07 Å². The number of carbonyl (C=O) groups excluding carboxylic acids is 1. The van der Waals surface area contributed by atoms with Crippen molar-refractivity contribution in [3.8, 4) is 0 Å². The summed E-state index contributed by atoms with van der Waals surface area (Å²) in [5.41, 5.74) is -0.738. The largest absolute Gasteiger partial charge is 0.543 e. The summed E-state index contributed by atoms with van der Waals surface area (Å²) in [6, 6.07) is 0.940. The Morgan fingerprint density at radius 2 is 2.38 bits per heavy atom. The normalized spacial score (nSPS) is 10.5. The molecule has 2 rings (SSSR count). The fourth-order valence-corrected chi connectivity index (χ4v) is 1.67. The molecule has 0 amide bonds. The van der Waals surface area contributed by atoms with Crippen LogP contribution in [0.4, 0.5) is 0 Å². The number of carboxylic acids is 1. The van der Waals surface area contributed by atoms with E-state index in [4.69, 9.17) is 0 Å². The van der Waals surface area contributed by atoms with Crippen molar-refractivity contribution in [2.24, 2.45) is 0 Å². The maximum Gasteiger partial charge on any atom is 0.259 e. The van der Waals surface area contributed by atoms with E-state index < -0.39 is 11.5 Å². The Hall–Kier alpha value is -1.69. The Balaban J connectivity index is 2.85. The molecule has 0 bridgehead atoms. The van der Waals surface area contributed by atoms with Crippen molar-refractivity contribution in [3.05, 3.63) is 33.7 Å². The number of carbonyl (C=O) groups is 1. The van der Waals surface area contributed by atoms with Crippen LogP contribution in [0.25, 0.3) is 4.96 Å². The molecule has 66 valence electrons. The highest BCUT2D eigenvalue weighted by Crippen LogP contribution is 2.05. The van der Waals surface area contributed by atoms with Crippen LogP contribution in [0.5, 0.6) is 0 Å². The van der Waals surface area contributed by atoms with Gasteiger partial charge in [0.2, 0.25) is 0 Å². The van der Waals surface area contributed by atoms with E-state index in [1.165, 1.54) is 21.9 Å². The van der Waals surface area contributed by atoms with Crippen LogP contribution >= 0.6 is 11.3 Å². The van der Waals surface area contributed by atoms with Crippen molar-refractivity contribution in [2.75, 3.05) is 0 Å². The summed E-state index contributed by atoms with van der Waals surface area (Å²) in [6.07, 6.45) is 1.54. The molecule has 0 aliphatic rings. The van der Waals surface area contributed by atoms with Crippen molar-refractivity contribution in [1.29, 1.82) is 0 Å². The van der Waals surface area contributed by atoms with Gasteiger partial charge in [-0.25, -0.2) is 4.98 Å². The van der Waals surface area contributed by atoms with Gasteiger partial charge >= 0.3 is 0 Å². The summed E-state index contributed by atoms with van der Waals surface area (Å²) in [7, 11) is 0. The molecule has 2 aromatic rings. The van der Waals surface area contributed by atoms with Gasteiger partial charge in [0.25, 0.3) is 5.56 Å². The zero-order valence-corrected chi connectivity index (χ0v) is 7.08. The molecule has 13 heavy (non-hydrogen) atoms. The monoisotopic (exact) mass is 195 g/mol. The van der Waals surface area contributed by atoms with Gasteiger partial charge in [-0.2, -0.15) is 0 Å². The van der Waals surface area contributed by atoms with Crippen molar-refractivity contribution >= 4 is 22.3 Å². The fraction of sp³-hybridized carbons (Fsp3) is 0. The molecule has 0 unspecified atom stereocenters. The second-order valence-corrected chi connectivity index (χ2v) is 3.20. The summed E-state index contributed by atoms with van der Waals surface area (Å²) in [5, 5.41) is 12.1. The lowest BCUT2D eigenvalue weighted by molar-refractivity contribution is -0.255. The van der Waals surface area contributed by atoms with Gasteiger partial charge in [-0.1, -0.05) is 0 Å². The first-order chi connectivity index (χ1) is 6.18. The Morgan fingerprint density at radius 1 is 1.62 bits per heavy atom. The van der Waals surface area contributed by atoms with E-state index in [2.05, 4.69) is 4.98 Å². The predicted octanol–water partition coefficient (Wildman–Crippen LogP) is -0.880. The Morgan fingerprint density at radius 3 is 3.08 bits per heavy atom. The van der Waals surface area contributed by atoms with Gasteiger partial charge < -0.3 is 9.90 Å². The van der Waals surface area contributed by atoms with Crippen molar-refractivity contribution in [2.45, 2.75) is 0 Å². The highest BCUT2D eigenvalue weighted by Gasteiger charge is 2.02. The number of nitrogens with zero attached hydrogens (tertiary/aromatic N) is 2. The van der Waals surface area contributed by atoms with Gasteiger partial charge in [0.15, 0.2) is 4.96 Å². The number of aromatic nitrogens is 2. The quantitative estimate of drug-likeness (QED) is 0.592. The first-order valence-corrected chi connectivity index (χ1v) is 4.25. The number of rotatable bonds is 1. The van der Waals surface area contributed by atoms with Crippen molar-refractivity contribution in [1.82, 2.24) is 9.38 Å². The molecule has 0 aliphatic carbocycles. The molecule has 2 heterocycles. The van der Waals surface area contributed by atoms with Crippen molar-refractivity contribution in [3.63, 3.8) is 0 Å². The topological polar surface area (TPSA) is 74.5 Å². The maximum absolute atomic E-state index is 11.2. The number of fused-ring (bicyclic) bond motifs is 1. The Kier molecular flexibility index (Phi) is 1.63. The van der Waals surface area contributed by atoms with Crippen LogP contribution < -0.4 is 10.7 Å². The molecule has 0 aliphatic heterocycles. The summed E-state index contributed by atoms with van der Waals surface area (Å²) >= 11 is 1.19. The van der Waals surface area contributed by atoms with E-state index in [-0.39, 0.29) is 5.69 Å². The van der Waals surface area contributed by atoms with E-state index in [1.54, 1.807) is 5.38 Å². The number of thiazole rings is 1. The molecule has 0 saturated carbocycles. The average molecular weight is 195 g/mol. The third-order valence-corrected chi connectivity index (χ3v) is 2.27. The molecule has 0 atom stereocenters. The fourth-order valence-electron chi connectivity index (χ4n) is 0.947. The third-order valence-electron chi connectivity index (χ3n) is 1.51. The van der Waals surface area contributed by atoms with E-state index >= 15 is 0 Å². The molecule has 0 spiro atoms. The minimum Gasteiger partial charge on any atom is -0.543 e. The molecular weight excluding hydrogens is 192 g/mol. The predicted molar refractivity (Wildman–Crippen MR) is 43.7 cm³/mol. The second-order valence-electron chi connectivity index (χ2n) is 2.32. The summed E-state index contributed by atoms with van der Waals surface area (Å²) < 4.78 is 1.27. The number of hydrogen-bond donors (Lipinski definition) is 0. The zero-order chi connectivity index (χ0) is 9.42. The van der Waals surface area contributed by atoms with Gasteiger partial charge in [-0.15, -0.1) is 11.3 Å². The lowest BCUT2D eigenvalue weighted by Crippen LogP contribution is -2.26. The van der Waals surface area contributed by atoms with E-state index in [0.29, 0.717) is 4.96 Å². The van der Waals surface area contributed by atoms with Gasteiger partial charge in [0.05, 0.1) is 11.7 Å². The molecule has 5 nitrogen and oxygen atoms in total. The maximum atomic E-state index is 11.2. The van der Waals surface area contributed by atoms with Crippen molar-refractivity contribution < 1.29 is 9.90 Å². The van der Waals surface area contributed by atoms with Gasteiger partial charge in [-0.3, -0.25) is 9.20 Å². The molecule has 0 fully saturated rings. The number of aromatic carboxylic acids is 1. The first-order valence-electron chi connectivity index (χ1n) is 3.37. The molecule has 6 heteroatoms. The van der Waals surface area contributed by atoms with Gasteiger partial charge in [0.1, 0.15) is 0 Å². The van der Waals surface area contributed by atoms with E-state index in [9.17, 15) is 14.7 Å². The highest BCUT2D eigenvalue weighted by atomic mass is 32.1. The Bertz CT molecular complexity index is 528. The molecule has 2 aromatic heterocycles. The highest BCUT2D eigenvalue weighted by molar-refractivity contribution is 7.15.